The number of methoxy groups -OCH3 is 2. The molecule has 0 saturated heterocycles. The Balaban J connectivity index is 2.75. The molecule has 0 spiro atoms. The summed E-state index contributed by atoms with van der Waals surface area (Å²) in [6, 6.07) is 9.27. The van der Waals surface area contributed by atoms with Crippen molar-refractivity contribution in [3.63, 3.8) is 0 Å². The highest BCUT2D eigenvalue weighted by Gasteiger charge is 2.07. The van der Waals surface area contributed by atoms with Crippen LogP contribution in [-0.4, -0.2) is 19.2 Å². The molecule has 80 valence electrons. The molecule has 1 heterocycles. The molecular weight excluding hydrogens is 204 g/mol. The molecule has 4 nitrogen and oxygen atoms in total. The van der Waals surface area contributed by atoms with E-state index in [9.17, 15) is 0 Å². The molecule has 0 aliphatic carbocycles. The van der Waals surface area contributed by atoms with E-state index in [0.29, 0.717) is 11.6 Å². The smallest absolute Gasteiger partial charge is 0.222 e. The number of rotatable bonds is 2. The van der Waals surface area contributed by atoms with Gasteiger partial charge in [-0.15, -0.1) is 0 Å². The summed E-state index contributed by atoms with van der Waals surface area (Å²) >= 11 is 0. The highest BCUT2D eigenvalue weighted by Crippen LogP contribution is 2.27. The lowest BCUT2D eigenvalue weighted by Crippen LogP contribution is -1.93. The van der Waals surface area contributed by atoms with E-state index in [1.54, 1.807) is 13.2 Å². The molecule has 0 N–H and O–H groups in total. The monoisotopic (exact) mass is 214 g/mol. The Morgan fingerprint density at radius 1 is 1.19 bits per heavy atom. The average Bonchev–Trinajstić information content (AvgIpc) is 2.36. The largest absolute Gasteiger partial charge is 0.497 e. The quantitative estimate of drug-likeness (QED) is 0.768. The van der Waals surface area contributed by atoms with E-state index in [1.165, 1.54) is 7.11 Å². The van der Waals surface area contributed by atoms with Gasteiger partial charge in [0, 0.05) is 5.39 Å². The van der Waals surface area contributed by atoms with Gasteiger partial charge in [0.15, 0.2) is 0 Å². The van der Waals surface area contributed by atoms with Crippen LogP contribution >= 0.6 is 0 Å². The third-order valence-electron chi connectivity index (χ3n) is 2.31. The van der Waals surface area contributed by atoms with Crippen molar-refractivity contribution >= 4 is 10.8 Å². The minimum absolute atomic E-state index is 0.342. The van der Waals surface area contributed by atoms with Crippen LogP contribution in [0.4, 0.5) is 0 Å². The molecule has 0 saturated carbocycles. The molecule has 2 aromatic rings. The fourth-order valence-corrected chi connectivity index (χ4v) is 1.54. The van der Waals surface area contributed by atoms with Crippen LogP contribution in [0.2, 0.25) is 0 Å². The fourth-order valence-electron chi connectivity index (χ4n) is 1.54. The summed E-state index contributed by atoms with van der Waals surface area (Å²) in [5.41, 5.74) is 0.342. The van der Waals surface area contributed by atoms with Gasteiger partial charge in [0.2, 0.25) is 5.88 Å². The van der Waals surface area contributed by atoms with Gasteiger partial charge in [0.1, 0.15) is 17.5 Å². The highest BCUT2D eigenvalue weighted by molar-refractivity contribution is 5.88. The Morgan fingerprint density at radius 2 is 2.00 bits per heavy atom. The van der Waals surface area contributed by atoms with Gasteiger partial charge in [-0.25, -0.2) is 4.98 Å². The lowest BCUT2D eigenvalue weighted by atomic mass is 10.1. The summed E-state index contributed by atoms with van der Waals surface area (Å²) < 4.78 is 10.3. The summed E-state index contributed by atoms with van der Waals surface area (Å²) in [5, 5.41) is 10.6. The fraction of sp³-hybridized carbons (Fsp3) is 0.167. The van der Waals surface area contributed by atoms with Crippen LogP contribution in [0, 0.1) is 11.3 Å². The van der Waals surface area contributed by atoms with Gasteiger partial charge >= 0.3 is 0 Å². The van der Waals surface area contributed by atoms with Crippen molar-refractivity contribution in [2.75, 3.05) is 14.2 Å². The molecule has 0 bridgehead atoms. The van der Waals surface area contributed by atoms with Crippen molar-refractivity contribution in [2.24, 2.45) is 0 Å². The van der Waals surface area contributed by atoms with Gasteiger partial charge in [0.05, 0.1) is 14.2 Å². The van der Waals surface area contributed by atoms with Crippen LogP contribution in [0.3, 0.4) is 0 Å². The zero-order chi connectivity index (χ0) is 11.5. The van der Waals surface area contributed by atoms with E-state index >= 15 is 0 Å². The molecule has 2 rings (SSSR count). The van der Waals surface area contributed by atoms with E-state index in [0.717, 1.165) is 16.5 Å². The van der Waals surface area contributed by atoms with Crippen LogP contribution < -0.4 is 9.47 Å². The SMILES string of the molecule is COc1ccc2cc(C#N)nc(OC)c2c1. The van der Waals surface area contributed by atoms with Crippen molar-refractivity contribution < 1.29 is 9.47 Å². The van der Waals surface area contributed by atoms with E-state index < -0.39 is 0 Å². The van der Waals surface area contributed by atoms with E-state index in [-0.39, 0.29) is 0 Å². The Morgan fingerprint density at radius 3 is 2.62 bits per heavy atom. The summed E-state index contributed by atoms with van der Waals surface area (Å²) in [5.74, 6) is 1.17. The highest BCUT2D eigenvalue weighted by atomic mass is 16.5. The third kappa shape index (κ3) is 1.63. The van der Waals surface area contributed by atoms with Crippen molar-refractivity contribution in [3.8, 4) is 17.7 Å². The number of nitriles is 1. The van der Waals surface area contributed by atoms with Crippen LogP contribution in [-0.2, 0) is 0 Å². The molecular formula is C12H10N2O2. The summed E-state index contributed by atoms with van der Waals surface area (Å²) in [7, 11) is 3.13. The normalized spacial score (nSPS) is 9.81. The number of aromatic nitrogens is 1. The first-order valence-electron chi connectivity index (χ1n) is 4.71. The maximum atomic E-state index is 8.83. The van der Waals surface area contributed by atoms with Gasteiger partial charge in [-0.3, -0.25) is 0 Å². The molecule has 0 amide bonds. The Labute approximate surface area is 93.0 Å². The first-order chi connectivity index (χ1) is 7.78. The first-order valence-corrected chi connectivity index (χ1v) is 4.71. The molecule has 0 fully saturated rings. The van der Waals surface area contributed by atoms with E-state index in [2.05, 4.69) is 4.98 Å². The second kappa shape index (κ2) is 4.07. The Kier molecular flexibility index (Phi) is 2.61. The number of benzene rings is 1. The number of fused-ring (bicyclic) bond motifs is 1. The topological polar surface area (TPSA) is 55.1 Å². The number of hydrogen-bond acceptors (Lipinski definition) is 4. The minimum Gasteiger partial charge on any atom is -0.497 e. The molecule has 0 radical (unpaired) electrons. The molecule has 4 heteroatoms. The number of hydrogen-bond donors (Lipinski definition) is 0. The molecule has 1 aromatic heterocycles. The lowest BCUT2D eigenvalue weighted by molar-refractivity contribution is 0.401. The van der Waals surface area contributed by atoms with Crippen LogP contribution in [0.25, 0.3) is 10.8 Å². The third-order valence-corrected chi connectivity index (χ3v) is 2.31. The first kappa shape index (κ1) is 10.2. The van der Waals surface area contributed by atoms with Crippen LogP contribution in [0.5, 0.6) is 11.6 Å². The van der Waals surface area contributed by atoms with Gasteiger partial charge in [-0.05, 0) is 23.6 Å². The van der Waals surface area contributed by atoms with E-state index in [4.69, 9.17) is 14.7 Å². The van der Waals surface area contributed by atoms with Crippen LogP contribution in [0.15, 0.2) is 24.3 Å². The molecule has 16 heavy (non-hydrogen) atoms. The standard InChI is InChI=1S/C12H10N2O2/c1-15-10-4-3-8-5-9(7-13)14-12(16-2)11(8)6-10/h3-6H,1-2H3. The predicted octanol–water partition coefficient (Wildman–Crippen LogP) is 2.12. The molecule has 0 aliphatic heterocycles. The van der Waals surface area contributed by atoms with Crippen molar-refractivity contribution in [1.29, 1.82) is 5.26 Å². The summed E-state index contributed by atoms with van der Waals surface area (Å²) in [6.07, 6.45) is 0. The molecule has 0 unspecified atom stereocenters. The van der Waals surface area contributed by atoms with E-state index in [1.807, 2.05) is 24.3 Å². The maximum Gasteiger partial charge on any atom is 0.222 e. The van der Waals surface area contributed by atoms with Crippen molar-refractivity contribution in [1.82, 2.24) is 4.98 Å². The number of pyridine rings is 1. The van der Waals surface area contributed by atoms with Gasteiger partial charge in [-0.2, -0.15) is 5.26 Å². The lowest BCUT2D eigenvalue weighted by Gasteiger charge is -2.06. The number of ether oxygens (including phenoxy) is 2. The Hall–Kier alpha value is -2.28. The van der Waals surface area contributed by atoms with Gasteiger partial charge in [0.25, 0.3) is 0 Å². The van der Waals surface area contributed by atoms with Crippen molar-refractivity contribution in [2.45, 2.75) is 0 Å². The summed E-state index contributed by atoms with van der Waals surface area (Å²) in [4.78, 5) is 4.07. The predicted molar refractivity (Wildman–Crippen MR) is 59.6 cm³/mol. The van der Waals surface area contributed by atoms with Crippen molar-refractivity contribution in [3.05, 3.63) is 30.0 Å². The maximum absolute atomic E-state index is 8.83. The second-order valence-electron chi connectivity index (χ2n) is 3.22. The van der Waals surface area contributed by atoms with Gasteiger partial charge in [-0.1, -0.05) is 6.07 Å². The van der Waals surface area contributed by atoms with Crippen LogP contribution in [0.1, 0.15) is 5.69 Å². The minimum atomic E-state index is 0.342. The second-order valence-corrected chi connectivity index (χ2v) is 3.22. The number of nitrogens with zero attached hydrogens (tertiary/aromatic N) is 2. The average molecular weight is 214 g/mol. The zero-order valence-electron chi connectivity index (χ0n) is 9.02. The molecule has 1 aromatic carbocycles. The van der Waals surface area contributed by atoms with Gasteiger partial charge < -0.3 is 9.47 Å². The Bertz CT molecular complexity index is 573. The molecule has 0 atom stereocenters. The zero-order valence-corrected chi connectivity index (χ0v) is 9.02. The summed E-state index contributed by atoms with van der Waals surface area (Å²) in [6.45, 7) is 0. The molecule has 0 aliphatic rings.